The molecule has 1 aromatic carbocycles. The predicted molar refractivity (Wildman–Crippen MR) is 71.0 cm³/mol. The van der Waals surface area contributed by atoms with Crippen molar-refractivity contribution in [3.63, 3.8) is 0 Å². The predicted octanol–water partition coefficient (Wildman–Crippen LogP) is 1.28. The van der Waals surface area contributed by atoms with Crippen molar-refractivity contribution in [2.24, 2.45) is 5.73 Å². The molecule has 0 radical (unpaired) electrons. The summed E-state index contributed by atoms with van der Waals surface area (Å²) in [5, 5.41) is 0. The van der Waals surface area contributed by atoms with Gasteiger partial charge in [-0.2, -0.15) is 0 Å². The second-order valence-electron chi connectivity index (χ2n) is 4.43. The maximum Gasteiger partial charge on any atom is 0.324 e. The Hall–Kier alpha value is -1.75. The summed E-state index contributed by atoms with van der Waals surface area (Å²) >= 11 is 0. The average Bonchev–Trinajstić information content (AvgIpc) is 2.68. The number of ether oxygens (including phenoxy) is 1. The van der Waals surface area contributed by atoms with Gasteiger partial charge in [0.15, 0.2) is 0 Å². The molecule has 0 bridgehead atoms. The standard InChI is InChI=1S/C13H19N3O2/c1-15-11(7-8-14)9-16(13(15)17)10-3-5-12(18-2)6-4-10/h3-6,11H,7-9,14H2,1-2H3. The SMILES string of the molecule is COc1ccc(N2CC(CCN)N(C)C2=O)cc1. The molecule has 1 aromatic rings. The summed E-state index contributed by atoms with van der Waals surface area (Å²) in [6.07, 6.45) is 0.828. The number of amides is 2. The lowest BCUT2D eigenvalue weighted by Gasteiger charge is -2.16. The Bertz CT molecular complexity index is 419. The number of likely N-dealkylation sites (N-methyl/N-ethyl adjacent to an activating group) is 1. The van der Waals surface area contributed by atoms with Gasteiger partial charge in [0, 0.05) is 19.3 Å². The minimum Gasteiger partial charge on any atom is -0.497 e. The molecule has 1 fully saturated rings. The van der Waals surface area contributed by atoms with Gasteiger partial charge in [-0.15, -0.1) is 0 Å². The fourth-order valence-electron chi connectivity index (χ4n) is 2.21. The Kier molecular flexibility index (Phi) is 3.72. The normalized spacial score (nSPS) is 19.5. The molecule has 1 saturated heterocycles. The van der Waals surface area contributed by atoms with Gasteiger partial charge in [-0.05, 0) is 37.2 Å². The third-order valence-corrected chi connectivity index (χ3v) is 3.36. The molecule has 1 unspecified atom stereocenters. The van der Waals surface area contributed by atoms with Crippen LogP contribution in [0.25, 0.3) is 0 Å². The summed E-state index contributed by atoms with van der Waals surface area (Å²) < 4.78 is 5.11. The lowest BCUT2D eigenvalue weighted by atomic mass is 10.2. The average molecular weight is 249 g/mol. The smallest absolute Gasteiger partial charge is 0.324 e. The van der Waals surface area contributed by atoms with E-state index < -0.39 is 0 Å². The summed E-state index contributed by atoms with van der Waals surface area (Å²) in [5.41, 5.74) is 6.46. The van der Waals surface area contributed by atoms with E-state index in [9.17, 15) is 4.79 Å². The van der Waals surface area contributed by atoms with Gasteiger partial charge in [-0.3, -0.25) is 4.90 Å². The van der Waals surface area contributed by atoms with Crippen LogP contribution in [0.1, 0.15) is 6.42 Å². The molecule has 1 atom stereocenters. The summed E-state index contributed by atoms with van der Waals surface area (Å²) in [5.74, 6) is 0.789. The molecule has 2 N–H and O–H groups in total. The van der Waals surface area contributed by atoms with E-state index >= 15 is 0 Å². The van der Waals surface area contributed by atoms with Crippen molar-refractivity contribution < 1.29 is 9.53 Å². The summed E-state index contributed by atoms with van der Waals surface area (Å²) in [4.78, 5) is 15.7. The number of carbonyl (C=O) groups excluding carboxylic acids is 1. The number of benzene rings is 1. The van der Waals surface area contributed by atoms with E-state index in [-0.39, 0.29) is 12.1 Å². The highest BCUT2D eigenvalue weighted by atomic mass is 16.5. The van der Waals surface area contributed by atoms with Crippen LogP contribution < -0.4 is 15.4 Å². The van der Waals surface area contributed by atoms with Crippen molar-refractivity contribution in [1.82, 2.24) is 4.90 Å². The maximum atomic E-state index is 12.1. The number of urea groups is 1. The molecule has 98 valence electrons. The zero-order valence-electron chi connectivity index (χ0n) is 10.8. The fraction of sp³-hybridized carbons (Fsp3) is 0.462. The first-order chi connectivity index (χ1) is 8.67. The zero-order chi connectivity index (χ0) is 13.1. The fourth-order valence-corrected chi connectivity index (χ4v) is 2.21. The topological polar surface area (TPSA) is 58.8 Å². The molecule has 2 rings (SSSR count). The van der Waals surface area contributed by atoms with Gasteiger partial charge in [-0.25, -0.2) is 4.79 Å². The second kappa shape index (κ2) is 5.27. The van der Waals surface area contributed by atoms with Crippen LogP contribution in [0, 0.1) is 0 Å². The molecule has 2 amide bonds. The first kappa shape index (κ1) is 12.7. The molecule has 0 aliphatic carbocycles. The molecule has 0 saturated carbocycles. The van der Waals surface area contributed by atoms with Crippen LogP contribution in [0.5, 0.6) is 5.75 Å². The van der Waals surface area contributed by atoms with Crippen molar-refractivity contribution >= 4 is 11.7 Å². The van der Waals surface area contributed by atoms with Crippen LogP contribution in [0.15, 0.2) is 24.3 Å². The molecular weight excluding hydrogens is 230 g/mol. The molecule has 1 aliphatic heterocycles. The van der Waals surface area contributed by atoms with Crippen LogP contribution in [-0.4, -0.2) is 44.2 Å². The van der Waals surface area contributed by atoms with Crippen molar-refractivity contribution in [2.75, 3.05) is 32.1 Å². The molecule has 0 aromatic heterocycles. The number of hydrogen-bond acceptors (Lipinski definition) is 3. The highest BCUT2D eigenvalue weighted by Crippen LogP contribution is 2.25. The third-order valence-electron chi connectivity index (χ3n) is 3.36. The minimum absolute atomic E-state index is 0.0265. The van der Waals surface area contributed by atoms with Crippen molar-refractivity contribution in [3.8, 4) is 5.75 Å². The van der Waals surface area contributed by atoms with Crippen molar-refractivity contribution in [2.45, 2.75) is 12.5 Å². The second-order valence-corrected chi connectivity index (χ2v) is 4.43. The Morgan fingerprint density at radius 1 is 1.39 bits per heavy atom. The van der Waals surface area contributed by atoms with Crippen molar-refractivity contribution in [1.29, 1.82) is 0 Å². The first-order valence-corrected chi connectivity index (χ1v) is 6.06. The van der Waals surface area contributed by atoms with E-state index in [2.05, 4.69) is 0 Å². The van der Waals surface area contributed by atoms with Gasteiger partial charge in [0.2, 0.25) is 0 Å². The Balaban J connectivity index is 2.15. The highest BCUT2D eigenvalue weighted by molar-refractivity contribution is 5.94. The first-order valence-electron chi connectivity index (χ1n) is 6.06. The molecule has 0 spiro atoms. The van der Waals surface area contributed by atoms with Crippen LogP contribution in [-0.2, 0) is 0 Å². The largest absolute Gasteiger partial charge is 0.497 e. The third kappa shape index (κ3) is 2.26. The van der Waals surface area contributed by atoms with Crippen molar-refractivity contribution in [3.05, 3.63) is 24.3 Å². The highest BCUT2D eigenvalue weighted by Gasteiger charge is 2.34. The number of hydrogen-bond donors (Lipinski definition) is 1. The van der Waals surface area contributed by atoms with Gasteiger partial charge in [0.1, 0.15) is 5.75 Å². The van der Waals surface area contributed by atoms with E-state index in [0.717, 1.165) is 17.9 Å². The molecule has 1 aliphatic rings. The quantitative estimate of drug-likeness (QED) is 0.874. The van der Waals surface area contributed by atoms with E-state index in [0.29, 0.717) is 13.1 Å². The van der Waals surface area contributed by atoms with E-state index in [4.69, 9.17) is 10.5 Å². The van der Waals surface area contributed by atoms with Gasteiger partial charge < -0.3 is 15.4 Å². The van der Waals surface area contributed by atoms with Crippen LogP contribution in [0.3, 0.4) is 0 Å². The number of carbonyl (C=O) groups is 1. The number of methoxy groups -OCH3 is 1. The zero-order valence-corrected chi connectivity index (χ0v) is 10.8. The molecule has 5 heteroatoms. The molecule has 1 heterocycles. The van der Waals surface area contributed by atoms with Gasteiger partial charge >= 0.3 is 6.03 Å². The molecule has 18 heavy (non-hydrogen) atoms. The van der Waals surface area contributed by atoms with Gasteiger partial charge in [0.25, 0.3) is 0 Å². The summed E-state index contributed by atoms with van der Waals surface area (Å²) in [6.45, 7) is 1.29. The van der Waals surface area contributed by atoms with Crippen LogP contribution in [0.4, 0.5) is 10.5 Å². The monoisotopic (exact) mass is 249 g/mol. The van der Waals surface area contributed by atoms with Crippen LogP contribution in [0.2, 0.25) is 0 Å². The number of nitrogens with zero attached hydrogens (tertiary/aromatic N) is 2. The lowest BCUT2D eigenvalue weighted by molar-refractivity contribution is 0.217. The van der Waals surface area contributed by atoms with E-state index in [1.54, 1.807) is 16.9 Å². The summed E-state index contributed by atoms with van der Waals surface area (Å²) in [6, 6.07) is 7.74. The van der Waals surface area contributed by atoms with Crippen LogP contribution >= 0.6 is 0 Å². The number of anilines is 1. The number of rotatable bonds is 4. The number of nitrogens with two attached hydrogens (primary N) is 1. The molecule has 5 nitrogen and oxygen atoms in total. The Morgan fingerprint density at radius 2 is 2.06 bits per heavy atom. The van der Waals surface area contributed by atoms with E-state index in [1.807, 2.05) is 31.3 Å². The minimum atomic E-state index is 0.0265. The Morgan fingerprint density at radius 3 is 2.61 bits per heavy atom. The maximum absolute atomic E-state index is 12.1. The lowest BCUT2D eigenvalue weighted by Crippen LogP contribution is -2.32. The summed E-state index contributed by atoms with van der Waals surface area (Å²) in [7, 11) is 3.45. The van der Waals surface area contributed by atoms with E-state index in [1.165, 1.54) is 0 Å². The van der Waals surface area contributed by atoms with Gasteiger partial charge in [0.05, 0.1) is 13.2 Å². The van der Waals surface area contributed by atoms with Gasteiger partial charge in [-0.1, -0.05) is 0 Å². The molecular formula is C13H19N3O2. The Labute approximate surface area is 107 Å².